The number of amides is 2. The van der Waals surface area contributed by atoms with Crippen LogP contribution in [0, 0.1) is 0 Å². The highest BCUT2D eigenvalue weighted by Crippen LogP contribution is 2.34. The third-order valence-corrected chi connectivity index (χ3v) is 6.12. The Bertz CT molecular complexity index is 973. The van der Waals surface area contributed by atoms with Crippen LogP contribution in [0.15, 0.2) is 53.4 Å². The highest BCUT2D eigenvalue weighted by Gasteiger charge is 2.33. The lowest BCUT2D eigenvalue weighted by atomic mass is 10.0. The molecule has 0 spiro atoms. The van der Waals surface area contributed by atoms with Gasteiger partial charge in [0.05, 0.1) is 17.7 Å². The van der Waals surface area contributed by atoms with Crippen molar-refractivity contribution in [3.05, 3.63) is 54.1 Å². The van der Waals surface area contributed by atoms with E-state index in [0.29, 0.717) is 0 Å². The van der Waals surface area contributed by atoms with E-state index in [1.54, 1.807) is 0 Å². The van der Waals surface area contributed by atoms with E-state index in [4.69, 9.17) is 4.74 Å². The van der Waals surface area contributed by atoms with Crippen LogP contribution in [0.1, 0.15) is 31.2 Å². The molecule has 2 amide bonds. The van der Waals surface area contributed by atoms with Gasteiger partial charge in [0.1, 0.15) is 5.75 Å². The Balaban J connectivity index is 1.85. The first-order chi connectivity index (χ1) is 13.3. The Morgan fingerprint density at radius 2 is 1.71 bits per heavy atom. The molecule has 2 aromatic rings. The van der Waals surface area contributed by atoms with Crippen molar-refractivity contribution in [2.24, 2.45) is 0 Å². The summed E-state index contributed by atoms with van der Waals surface area (Å²) in [5, 5.41) is 0. The number of hydrogen-bond donors (Lipinski definition) is 1. The van der Waals surface area contributed by atoms with Gasteiger partial charge in [-0.3, -0.25) is 9.59 Å². The minimum absolute atomic E-state index is 0.0181. The van der Waals surface area contributed by atoms with E-state index in [-0.39, 0.29) is 53.5 Å². The van der Waals surface area contributed by atoms with Gasteiger partial charge in [0.25, 0.3) is 0 Å². The first kappa shape index (κ1) is 20.0. The number of nitrogens with zero attached hydrogens (tertiary/aromatic N) is 1. The van der Waals surface area contributed by atoms with Crippen LogP contribution in [0.3, 0.4) is 0 Å². The first-order valence-electron chi connectivity index (χ1n) is 8.92. The van der Waals surface area contributed by atoms with Crippen LogP contribution in [0.4, 0.5) is 5.69 Å². The average molecular weight is 402 g/mol. The number of ether oxygens (including phenoxy) is 1. The summed E-state index contributed by atoms with van der Waals surface area (Å²) >= 11 is 0. The van der Waals surface area contributed by atoms with Gasteiger partial charge in [-0.05, 0) is 29.7 Å². The molecular formula is C20H22N2O5S. The van der Waals surface area contributed by atoms with Crippen LogP contribution in [0.5, 0.6) is 5.75 Å². The molecule has 0 radical (unpaired) electrons. The zero-order valence-corrected chi connectivity index (χ0v) is 16.5. The summed E-state index contributed by atoms with van der Waals surface area (Å²) in [4.78, 5) is 25.1. The van der Waals surface area contributed by atoms with Crippen LogP contribution >= 0.6 is 0 Å². The SMILES string of the molecule is COc1ccc(S(=O)(=O)NC[C@@H](C)c2ccccc2)cc1N1C(=O)CCC1=O. The summed E-state index contributed by atoms with van der Waals surface area (Å²) in [6.45, 7) is 2.15. The molecule has 7 nitrogen and oxygen atoms in total. The Morgan fingerprint density at radius 1 is 1.07 bits per heavy atom. The maximum atomic E-state index is 12.8. The summed E-state index contributed by atoms with van der Waals surface area (Å²) in [6.07, 6.45) is 0.206. The number of hydrogen-bond acceptors (Lipinski definition) is 5. The Labute approximate surface area is 164 Å². The van der Waals surface area contributed by atoms with Gasteiger partial charge >= 0.3 is 0 Å². The molecule has 0 saturated carbocycles. The van der Waals surface area contributed by atoms with Crippen molar-refractivity contribution < 1.29 is 22.7 Å². The lowest BCUT2D eigenvalue weighted by molar-refractivity contribution is -0.121. The van der Waals surface area contributed by atoms with Gasteiger partial charge in [0, 0.05) is 19.4 Å². The summed E-state index contributed by atoms with van der Waals surface area (Å²) < 4.78 is 33.3. The summed E-state index contributed by atoms with van der Waals surface area (Å²) in [7, 11) is -2.43. The van der Waals surface area contributed by atoms with E-state index in [2.05, 4.69) is 4.72 Å². The summed E-state index contributed by atoms with van der Waals surface area (Å²) in [6, 6.07) is 13.7. The van der Waals surface area contributed by atoms with Crippen LogP contribution in [-0.4, -0.2) is 33.9 Å². The van der Waals surface area contributed by atoms with Crippen LogP contribution in [0.2, 0.25) is 0 Å². The number of anilines is 1. The molecule has 28 heavy (non-hydrogen) atoms. The second kappa shape index (κ2) is 8.12. The Kier molecular flexibility index (Phi) is 5.81. The fraction of sp³-hybridized carbons (Fsp3) is 0.300. The predicted molar refractivity (Wildman–Crippen MR) is 105 cm³/mol. The predicted octanol–water partition coefficient (Wildman–Crippen LogP) is 2.43. The largest absolute Gasteiger partial charge is 0.495 e. The fourth-order valence-electron chi connectivity index (χ4n) is 3.07. The number of carbonyl (C=O) groups excluding carboxylic acids is 2. The third kappa shape index (κ3) is 4.07. The molecule has 1 fully saturated rings. The molecule has 1 aliphatic rings. The molecule has 2 aromatic carbocycles. The number of rotatable bonds is 7. The van der Waals surface area contributed by atoms with Crippen molar-refractivity contribution in [2.75, 3.05) is 18.6 Å². The van der Waals surface area contributed by atoms with Crippen molar-refractivity contribution in [2.45, 2.75) is 30.6 Å². The number of benzene rings is 2. The zero-order chi connectivity index (χ0) is 20.3. The maximum Gasteiger partial charge on any atom is 0.240 e. The molecule has 0 aromatic heterocycles. The molecule has 3 rings (SSSR count). The Morgan fingerprint density at radius 3 is 2.32 bits per heavy atom. The van der Waals surface area contributed by atoms with Crippen molar-refractivity contribution in [3.63, 3.8) is 0 Å². The summed E-state index contributed by atoms with van der Waals surface area (Å²) in [5.41, 5.74) is 1.17. The van der Waals surface area contributed by atoms with Gasteiger partial charge in [-0.2, -0.15) is 0 Å². The smallest absolute Gasteiger partial charge is 0.240 e. The van der Waals surface area contributed by atoms with Crippen LogP contribution in [-0.2, 0) is 19.6 Å². The number of imide groups is 1. The molecule has 0 aliphatic carbocycles. The molecular weight excluding hydrogens is 380 g/mol. The molecule has 1 atom stereocenters. The van der Waals surface area contributed by atoms with Crippen LogP contribution < -0.4 is 14.4 Å². The second-order valence-corrected chi connectivity index (χ2v) is 8.39. The van der Waals surface area contributed by atoms with Gasteiger partial charge in [-0.15, -0.1) is 0 Å². The van der Waals surface area contributed by atoms with E-state index in [1.165, 1.54) is 25.3 Å². The van der Waals surface area contributed by atoms with Gasteiger partial charge in [0.2, 0.25) is 21.8 Å². The van der Waals surface area contributed by atoms with Crippen molar-refractivity contribution >= 4 is 27.5 Å². The summed E-state index contributed by atoms with van der Waals surface area (Å²) in [5.74, 6) is -0.498. The molecule has 8 heteroatoms. The lowest BCUT2D eigenvalue weighted by Gasteiger charge is -2.19. The molecule has 0 bridgehead atoms. The molecule has 1 aliphatic heterocycles. The number of carbonyl (C=O) groups is 2. The quantitative estimate of drug-likeness (QED) is 0.718. The molecule has 148 valence electrons. The van der Waals surface area contributed by atoms with Crippen molar-refractivity contribution in [1.29, 1.82) is 0 Å². The first-order valence-corrected chi connectivity index (χ1v) is 10.4. The minimum atomic E-state index is -3.83. The fourth-order valence-corrected chi connectivity index (χ4v) is 4.22. The third-order valence-electron chi connectivity index (χ3n) is 4.70. The van der Waals surface area contributed by atoms with Crippen molar-refractivity contribution in [3.8, 4) is 5.75 Å². The monoisotopic (exact) mass is 402 g/mol. The second-order valence-electron chi connectivity index (χ2n) is 6.62. The molecule has 0 unspecified atom stereocenters. The van der Waals surface area contributed by atoms with Gasteiger partial charge in [0.15, 0.2) is 0 Å². The number of nitrogens with one attached hydrogen (secondary N) is 1. The van der Waals surface area contributed by atoms with E-state index < -0.39 is 10.0 Å². The zero-order valence-electron chi connectivity index (χ0n) is 15.7. The van der Waals surface area contributed by atoms with Crippen molar-refractivity contribution in [1.82, 2.24) is 4.72 Å². The minimum Gasteiger partial charge on any atom is -0.495 e. The topological polar surface area (TPSA) is 92.8 Å². The lowest BCUT2D eigenvalue weighted by Crippen LogP contribution is -2.30. The Hall–Kier alpha value is -2.71. The average Bonchev–Trinajstić information content (AvgIpc) is 3.04. The van der Waals surface area contributed by atoms with Gasteiger partial charge in [-0.25, -0.2) is 18.0 Å². The highest BCUT2D eigenvalue weighted by atomic mass is 32.2. The van der Waals surface area contributed by atoms with E-state index in [0.717, 1.165) is 10.5 Å². The van der Waals surface area contributed by atoms with Gasteiger partial charge < -0.3 is 4.74 Å². The number of sulfonamides is 1. The maximum absolute atomic E-state index is 12.8. The van der Waals surface area contributed by atoms with Gasteiger partial charge in [-0.1, -0.05) is 37.3 Å². The molecule has 1 N–H and O–H groups in total. The van der Waals surface area contributed by atoms with E-state index in [1.807, 2.05) is 37.3 Å². The van der Waals surface area contributed by atoms with E-state index >= 15 is 0 Å². The normalized spacial score (nSPS) is 15.7. The van der Waals surface area contributed by atoms with Crippen LogP contribution in [0.25, 0.3) is 0 Å². The molecule has 1 heterocycles. The van der Waals surface area contributed by atoms with E-state index in [9.17, 15) is 18.0 Å². The molecule has 1 saturated heterocycles. The standard InChI is InChI=1S/C20H22N2O5S/c1-14(15-6-4-3-5-7-15)13-21-28(25,26)16-8-9-18(27-2)17(12-16)22-19(23)10-11-20(22)24/h3-9,12,14,21H,10-11,13H2,1-2H3/t14-/m1/s1. The highest BCUT2D eigenvalue weighted by molar-refractivity contribution is 7.89. The number of methoxy groups -OCH3 is 1.